The Labute approximate surface area is 110 Å². The van der Waals surface area contributed by atoms with E-state index < -0.39 is 12.0 Å². The van der Waals surface area contributed by atoms with Crippen LogP contribution in [0.1, 0.15) is 16.8 Å². The van der Waals surface area contributed by atoms with Crippen molar-refractivity contribution in [2.45, 2.75) is 12.5 Å². The second kappa shape index (κ2) is 7.03. The summed E-state index contributed by atoms with van der Waals surface area (Å²) < 4.78 is 0. The van der Waals surface area contributed by atoms with E-state index in [-0.39, 0.29) is 17.2 Å². The minimum Gasteiger partial charge on any atom is -0.478 e. The summed E-state index contributed by atoms with van der Waals surface area (Å²) >= 11 is 1.61. The fourth-order valence-corrected chi connectivity index (χ4v) is 1.87. The van der Waals surface area contributed by atoms with Crippen molar-refractivity contribution in [3.63, 3.8) is 0 Å². The molecule has 0 aromatic heterocycles. The fraction of sp³-hybridized carbons (Fsp3) is 0.333. The zero-order chi connectivity index (χ0) is 13.5. The Hall–Kier alpha value is -1.53. The number of para-hydroxylation sites is 1. The molecule has 0 aliphatic carbocycles. The molecule has 98 valence electrons. The van der Waals surface area contributed by atoms with Gasteiger partial charge in [-0.2, -0.15) is 11.8 Å². The predicted molar refractivity (Wildman–Crippen MR) is 73.0 cm³/mol. The maximum Gasteiger partial charge on any atom is 0.337 e. The maximum atomic E-state index is 11.8. The first-order valence-electron chi connectivity index (χ1n) is 5.44. The number of hydrogen-bond donors (Lipinski definition) is 3. The van der Waals surface area contributed by atoms with Crippen LogP contribution in [0, 0.1) is 0 Å². The molecule has 0 saturated heterocycles. The molecule has 0 aliphatic heterocycles. The molecule has 0 spiro atoms. The van der Waals surface area contributed by atoms with Crippen LogP contribution in [0.4, 0.5) is 5.69 Å². The average Bonchev–Trinajstić information content (AvgIpc) is 2.36. The second-order valence-electron chi connectivity index (χ2n) is 3.73. The Kier molecular flexibility index (Phi) is 5.67. The summed E-state index contributed by atoms with van der Waals surface area (Å²) in [7, 11) is 0. The maximum absolute atomic E-state index is 11.8. The van der Waals surface area contributed by atoms with Crippen LogP contribution < -0.4 is 11.1 Å². The van der Waals surface area contributed by atoms with Crippen molar-refractivity contribution in [1.29, 1.82) is 0 Å². The largest absolute Gasteiger partial charge is 0.478 e. The highest BCUT2D eigenvalue weighted by atomic mass is 32.2. The first-order chi connectivity index (χ1) is 8.56. The highest BCUT2D eigenvalue weighted by Gasteiger charge is 2.16. The van der Waals surface area contributed by atoms with Gasteiger partial charge in [0.15, 0.2) is 0 Å². The van der Waals surface area contributed by atoms with E-state index in [9.17, 15) is 9.59 Å². The molecular formula is C12H16N2O3S. The molecule has 0 heterocycles. The number of carboxylic acids is 1. The van der Waals surface area contributed by atoms with Gasteiger partial charge in [-0.25, -0.2) is 4.79 Å². The van der Waals surface area contributed by atoms with Gasteiger partial charge in [-0.15, -0.1) is 0 Å². The van der Waals surface area contributed by atoms with Gasteiger partial charge in [-0.3, -0.25) is 4.79 Å². The monoisotopic (exact) mass is 268 g/mol. The summed E-state index contributed by atoms with van der Waals surface area (Å²) in [4.78, 5) is 22.7. The number of carboxylic acid groups (broad SMARTS) is 1. The van der Waals surface area contributed by atoms with E-state index >= 15 is 0 Å². The first kappa shape index (κ1) is 14.5. The molecule has 18 heavy (non-hydrogen) atoms. The van der Waals surface area contributed by atoms with Crippen molar-refractivity contribution in [3.8, 4) is 0 Å². The van der Waals surface area contributed by atoms with E-state index in [2.05, 4.69) is 5.32 Å². The SMILES string of the molecule is CSCC[C@@H](N)C(=O)Nc1ccccc1C(=O)O. The zero-order valence-electron chi connectivity index (χ0n) is 10.1. The molecule has 4 N–H and O–H groups in total. The topological polar surface area (TPSA) is 92.4 Å². The van der Waals surface area contributed by atoms with Crippen LogP contribution in [-0.4, -0.2) is 35.0 Å². The molecule has 1 atom stereocenters. The Bertz CT molecular complexity index is 437. The molecule has 0 fully saturated rings. The molecule has 0 unspecified atom stereocenters. The Balaban J connectivity index is 2.72. The van der Waals surface area contributed by atoms with Gasteiger partial charge in [0, 0.05) is 0 Å². The van der Waals surface area contributed by atoms with Crippen molar-refractivity contribution in [2.24, 2.45) is 5.73 Å². The summed E-state index contributed by atoms with van der Waals surface area (Å²) in [5.74, 6) is -0.656. The van der Waals surface area contributed by atoms with Crippen LogP contribution in [0.3, 0.4) is 0 Å². The Morgan fingerprint density at radius 1 is 1.44 bits per heavy atom. The van der Waals surface area contributed by atoms with E-state index in [0.717, 1.165) is 5.75 Å². The quantitative estimate of drug-likeness (QED) is 0.725. The van der Waals surface area contributed by atoms with Gasteiger partial charge in [-0.1, -0.05) is 12.1 Å². The molecular weight excluding hydrogens is 252 g/mol. The van der Waals surface area contributed by atoms with Crippen molar-refractivity contribution >= 4 is 29.3 Å². The summed E-state index contributed by atoms with van der Waals surface area (Å²) in [5.41, 5.74) is 6.04. The van der Waals surface area contributed by atoms with Crippen molar-refractivity contribution in [2.75, 3.05) is 17.3 Å². The van der Waals surface area contributed by atoms with Crippen LogP contribution in [0.15, 0.2) is 24.3 Å². The van der Waals surface area contributed by atoms with Gasteiger partial charge < -0.3 is 16.2 Å². The normalized spacial score (nSPS) is 11.9. The number of amides is 1. The lowest BCUT2D eigenvalue weighted by atomic mass is 10.1. The highest BCUT2D eigenvalue weighted by Crippen LogP contribution is 2.15. The summed E-state index contributed by atoms with van der Waals surface area (Å²) in [6, 6.07) is 5.62. The molecule has 0 saturated carbocycles. The predicted octanol–water partition coefficient (Wildman–Crippen LogP) is 1.40. The molecule has 0 radical (unpaired) electrons. The van der Waals surface area contributed by atoms with Crippen LogP contribution in [0.2, 0.25) is 0 Å². The van der Waals surface area contributed by atoms with Crippen molar-refractivity contribution in [1.82, 2.24) is 0 Å². The Morgan fingerprint density at radius 3 is 2.72 bits per heavy atom. The molecule has 1 rings (SSSR count). The van der Waals surface area contributed by atoms with E-state index in [0.29, 0.717) is 6.42 Å². The third-order valence-corrected chi connectivity index (χ3v) is 3.03. The van der Waals surface area contributed by atoms with Crippen molar-refractivity contribution in [3.05, 3.63) is 29.8 Å². The number of rotatable bonds is 6. The van der Waals surface area contributed by atoms with Gasteiger partial charge in [0.1, 0.15) is 0 Å². The standard InChI is InChI=1S/C12H16N2O3S/c1-18-7-6-9(13)11(15)14-10-5-3-2-4-8(10)12(16)17/h2-5,9H,6-7,13H2,1H3,(H,14,15)(H,16,17)/t9-/m1/s1. The number of thioether (sulfide) groups is 1. The number of anilines is 1. The van der Waals surface area contributed by atoms with Crippen LogP contribution >= 0.6 is 11.8 Å². The molecule has 1 aromatic carbocycles. The zero-order valence-corrected chi connectivity index (χ0v) is 10.9. The third kappa shape index (κ3) is 4.05. The highest BCUT2D eigenvalue weighted by molar-refractivity contribution is 7.98. The number of hydrogen-bond acceptors (Lipinski definition) is 4. The number of benzene rings is 1. The Morgan fingerprint density at radius 2 is 2.11 bits per heavy atom. The molecule has 6 heteroatoms. The lowest BCUT2D eigenvalue weighted by molar-refractivity contribution is -0.117. The van der Waals surface area contributed by atoms with Gasteiger partial charge >= 0.3 is 5.97 Å². The lowest BCUT2D eigenvalue weighted by Crippen LogP contribution is -2.36. The molecule has 5 nitrogen and oxygen atoms in total. The molecule has 1 aromatic rings. The first-order valence-corrected chi connectivity index (χ1v) is 6.83. The summed E-state index contributed by atoms with van der Waals surface area (Å²) in [5, 5.41) is 11.5. The number of nitrogens with one attached hydrogen (secondary N) is 1. The number of aromatic carboxylic acids is 1. The van der Waals surface area contributed by atoms with Crippen LogP contribution in [-0.2, 0) is 4.79 Å². The van der Waals surface area contributed by atoms with E-state index in [1.807, 2.05) is 6.26 Å². The molecule has 0 bridgehead atoms. The minimum absolute atomic E-state index is 0.0583. The third-order valence-electron chi connectivity index (χ3n) is 2.39. The van der Waals surface area contributed by atoms with Crippen LogP contribution in [0.25, 0.3) is 0 Å². The van der Waals surface area contributed by atoms with Gasteiger partial charge in [-0.05, 0) is 30.6 Å². The van der Waals surface area contributed by atoms with Crippen LogP contribution in [0.5, 0.6) is 0 Å². The van der Waals surface area contributed by atoms with Crippen molar-refractivity contribution < 1.29 is 14.7 Å². The van der Waals surface area contributed by atoms with Gasteiger partial charge in [0.2, 0.25) is 5.91 Å². The lowest BCUT2D eigenvalue weighted by Gasteiger charge is -2.13. The molecule has 0 aliphatic rings. The van der Waals surface area contributed by atoms with Gasteiger partial charge in [0.25, 0.3) is 0 Å². The molecule has 1 amide bonds. The summed E-state index contributed by atoms with van der Waals surface area (Å²) in [6.45, 7) is 0. The van der Waals surface area contributed by atoms with E-state index in [1.54, 1.807) is 30.0 Å². The van der Waals surface area contributed by atoms with E-state index in [4.69, 9.17) is 10.8 Å². The average molecular weight is 268 g/mol. The summed E-state index contributed by atoms with van der Waals surface area (Å²) in [6.07, 6.45) is 2.49. The number of carbonyl (C=O) groups excluding carboxylic acids is 1. The fourth-order valence-electron chi connectivity index (χ4n) is 1.38. The van der Waals surface area contributed by atoms with E-state index in [1.165, 1.54) is 6.07 Å². The second-order valence-corrected chi connectivity index (χ2v) is 4.71. The minimum atomic E-state index is -1.08. The van der Waals surface area contributed by atoms with Gasteiger partial charge in [0.05, 0.1) is 17.3 Å². The number of nitrogens with two attached hydrogens (primary N) is 1. The smallest absolute Gasteiger partial charge is 0.337 e. The number of carbonyl (C=O) groups is 2.